The molecule has 132 valence electrons. The number of para-hydroxylation sites is 1. The Morgan fingerprint density at radius 3 is 2.85 bits per heavy atom. The number of aryl methyl sites for hydroxylation is 1. The summed E-state index contributed by atoms with van der Waals surface area (Å²) in [6.45, 7) is 3.43. The molecule has 3 aromatic rings. The Bertz CT molecular complexity index is 935. The molecular weight excluding hydrogens is 344 g/mol. The summed E-state index contributed by atoms with van der Waals surface area (Å²) in [5.41, 5.74) is 3.89. The number of benzene rings is 1. The Balaban J connectivity index is 1.48. The van der Waals surface area contributed by atoms with Crippen LogP contribution in [-0.4, -0.2) is 29.5 Å². The van der Waals surface area contributed by atoms with E-state index in [9.17, 15) is 4.79 Å². The van der Waals surface area contributed by atoms with Gasteiger partial charge in [0.05, 0.1) is 12.1 Å². The molecule has 1 aromatic carbocycles. The zero-order valence-electron chi connectivity index (χ0n) is 14.8. The zero-order chi connectivity index (χ0) is 18.1. The van der Waals surface area contributed by atoms with Crippen molar-refractivity contribution < 1.29 is 4.79 Å². The van der Waals surface area contributed by atoms with Crippen LogP contribution < -0.4 is 9.80 Å². The summed E-state index contributed by atoms with van der Waals surface area (Å²) >= 11 is 1.65. The van der Waals surface area contributed by atoms with Gasteiger partial charge in [-0.25, -0.2) is 9.97 Å². The molecule has 0 unspecified atom stereocenters. The number of aromatic nitrogens is 2. The van der Waals surface area contributed by atoms with Gasteiger partial charge < -0.3 is 9.80 Å². The SMILES string of the molecule is Cc1csc(CN(C)c2ccc(C(=O)N3CCc4ccccc43)cn2)n1. The molecule has 1 amide bonds. The lowest BCUT2D eigenvalue weighted by atomic mass is 10.2. The van der Waals surface area contributed by atoms with Crippen molar-refractivity contribution in [1.82, 2.24) is 9.97 Å². The van der Waals surface area contributed by atoms with E-state index in [0.717, 1.165) is 35.2 Å². The van der Waals surface area contributed by atoms with Crippen LogP contribution in [0.5, 0.6) is 0 Å². The first-order valence-corrected chi connectivity index (χ1v) is 9.48. The number of thiazole rings is 1. The van der Waals surface area contributed by atoms with E-state index in [-0.39, 0.29) is 5.91 Å². The van der Waals surface area contributed by atoms with Crippen LogP contribution in [0, 0.1) is 6.92 Å². The molecule has 0 aliphatic carbocycles. The number of carbonyl (C=O) groups is 1. The Hall–Kier alpha value is -2.73. The minimum Gasteiger partial charge on any atom is -0.353 e. The number of pyridine rings is 1. The van der Waals surface area contributed by atoms with Gasteiger partial charge in [-0.3, -0.25) is 4.79 Å². The predicted octanol–water partition coefficient (Wildman–Crippen LogP) is 3.69. The predicted molar refractivity (Wildman–Crippen MR) is 105 cm³/mol. The van der Waals surface area contributed by atoms with Crippen LogP contribution in [0.15, 0.2) is 48.0 Å². The van der Waals surface area contributed by atoms with Gasteiger partial charge >= 0.3 is 0 Å². The van der Waals surface area contributed by atoms with Crippen LogP contribution >= 0.6 is 11.3 Å². The molecule has 0 N–H and O–H groups in total. The topological polar surface area (TPSA) is 49.3 Å². The third-order valence-corrected chi connectivity index (χ3v) is 5.51. The van der Waals surface area contributed by atoms with Crippen molar-refractivity contribution in [2.75, 3.05) is 23.4 Å². The molecule has 0 fully saturated rings. The largest absolute Gasteiger partial charge is 0.353 e. The molecule has 6 heteroatoms. The fourth-order valence-corrected chi connectivity index (χ4v) is 4.03. The van der Waals surface area contributed by atoms with Crippen LogP contribution in [0.4, 0.5) is 11.5 Å². The van der Waals surface area contributed by atoms with E-state index in [1.807, 2.05) is 59.5 Å². The Kier molecular flexibility index (Phi) is 4.42. The molecule has 0 saturated heterocycles. The smallest absolute Gasteiger partial charge is 0.259 e. The number of carbonyl (C=O) groups excluding carboxylic acids is 1. The molecule has 0 saturated carbocycles. The first-order valence-electron chi connectivity index (χ1n) is 8.60. The van der Waals surface area contributed by atoms with Gasteiger partial charge in [0.1, 0.15) is 10.8 Å². The maximum atomic E-state index is 12.8. The van der Waals surface area contributed by atoms with Crippen molar-refractivity contribution in [3.8, 4) is 0 Å². The van der Waals surface area contributed by atoms with E-state index < -0.39 is 0 Å². The number of hydrogen-bond acceptors (Lipinski definition) is 5. The van der Waals surface area contributed by atoms with E-state index in [1.165, 1.54) is 5.56 Å². The van der Waals surface area contributed by atoms with E-state index in [2.05, 4.69) is 16.0 Å². The summed E-state index contributed by atoms with van der Waals surface area (Å²) < 4.78 is 0. The van der Waals surface area contributed by atoms with Gasteiger partial charge in [0.15, 0.2) is 0 Å². The fraction of sp³-hybridized carbons (Fsp3) is 0.250. The van der Waals surface area contributed by atoms with Crippen molar-refractivity contribution in [3.05, 3.63) is 69.8 Å². The molecular formula is C20H20N4OS. The van der Waals surface area contributed by atoms with E-state index >= 15 is 0 Å². The molecule has 3 heterocycles. The van der Waals surface area contributed by atoms with Crippen molar-refractivity contribution in [1.29, 1.82) is 0 Å². The van der Waals surface area contributed by atoms with Gasteiger partial charge in [0.2, 0.25) is 0 Å². The average Bonchev–Trinajstić information content (AvgIpc) is 3.27. The normalized spacial score (nSPS) is 12.9. The van der Waals surface area contributed by atoms with Crippen LogP contribution in [-0.2, 0) is 13.0 Å². The van der Waals surface area contributed by atoms with E-state index in [1.54, 1.807) is 17.5 Å². The number of hydrogen-bond donors (Lipinski definition) is 0. The van der Waals surface area contributed by atoms with Crippen molar-refractivity contribution in [3.63, 3.8) is 0 Å². The van der Waals surface area contributed by atoms with Crippen LogP contribution in [0.25, 0.3) is 0 Å². The summed E-state index contributed by atoms with van der Waals surface area (Å²) in [6.07, 6.45) is 2.57. The highest BCUT2D eigenvalue weighted by Crippen LogP contribution is 2.29. The van der Waals surface area contributed by atoms with E-state index in [0.29, 0.717) is 12.1 Å². The van der Waals surface area contributed by atoms with Crippen LogP contribution in [0.2, 0.25) is 0 Å². The number of fused-ring (bicyclic) bond motifs is 1. The molecule has 2 aromatic heterocycles. The summed E-state index contributed by atoms with van der Waals surface area (Å²) in [6, 6.07) is 11.8. The van der Waals surface area contributed by atoms with Gasteiger partial charge in [-0.05, 0) is 37.1 Å². The Labute approximate surface area is 156 Å². The number of rotatable bonds is 4. The number of nitrogens with zero attached hydrogens (tertiary/aromatic N) is 4. The standard InChI is InChI=1S/C20H20N4OS/c1-14-13-26-19(22-14)12-23(2)18-8-7-16(11-21-18)20(25)24-10-9-15-5-3-4-6-17(15)24/h3-8,11,13H,9-10,12H2,1-2H3. The highest BCUT2D eigenvalue weighted by atomic mass is 32.1. The first-order chi connectivity index (χ1) is 12.6. The lowest BCUT2D eigenvalue weighted by molar-refractivity contribution is 0.0989. The number of amides is 1. The van der Waals surface area contributed by atoms with Gasteiger partial charge in [-0.2, -0.15) is 0 Å². The second kappa shape index (κ2) is 6.88. The second-order valence-electron chi connectivity index (χ2n) is 6.48. The molecule has 1 aliphatic heterocycles. The average molecular weight is 364 g/mol. The molecule has 5 nitrogen and oxygen atoms in total. The number of anilines is 2. The van der Waals surface area contributed by atoms with Crippen LogP contribution in [0.1, 0.15) is 26.6 Å². The fourth-order valence-electron chi connectivity index (χ4n) is 3.20. The van der Waals surface area contributed by atoms with E-state index in [4.69, 9.17) is 0 Å². The molecule has 4 rings (SSSR count). The zero-order valence-corrected chi connectivity index (χ0v) is 15.7. The first kappa shape index (κ1) is 16.7. The summed E-state index contributed by atoms with van der Waals surface area (Å²) in [7, 11) is 1.98. The molecule has 26 heavy (non-hydrogen) atoms. The minimum absolute atomic E-state index is 0.00667. The molecule has 0 bridgehead atoms. The molecule has 0 radical (unpaired) electrons. The van der Waals surface area contributed by atoms with Gasteiger partial charge in [0.25, 0.3) is 5.91 Å². The third kappa shape index (κ3) is 3.20. The third-order valence-electron chi connectivity index (χ3n) is 4.56. The summed E-state index contributed by atoms with van der Waals surface area (Å²) in [5, 5.41) is 3.10. The lowest BCUT2D eigenvalue weighted by Gasteiger charge is -2.19. The van der Waals surface area contributed by atoms with Gasteiger partial charge in [-0.15, -0.1) is 11.3 Å². The highest BCUT2D eigenvalue weighted by molar-refractivity contribution is 7.09. The highest BCUT2D eigenvalue weighted by Gasteiger charge is 2.25. The Morgan fingerprint density at radius 2 is 2.12 bits per heavy atom. The van der Waals surface area contributed by atoms with Gasteiger partial charge in [0, 0.05) is 36.6 Å². The van der Waals surface area contributed by atoms with Crippen LogP contribution in [0.3, 0.4) is 0 Å². The summed E-state index contributed by atoms with van der Waals surface area (Å²) in [5.74, 6) is 0.837. The van der Waals surface area contributed by atoms with Gasteiger partial charge in [-0.1, -0.05) is 18.2 Å². The lowest BCUT2D eigenvalue weighted by Crippen LogP contribution is -2.29. The monoisotopic (exact) mass is 364 g/mol. The molecule has 0 atom stereocenters. The minimum atomic E-state index is 0.00667. The second-order valence-corrected chi connectivity index (χ2v) is 7.42. The molecule has 0 spiro atoms. The maximum Gasteiger partial charge on any atom is 0.259 e. The Morgan fingerprint density at radius 1 is 1.27 bits per heavy atom. The molecule has 1 aliphatic rings. The van der Waals surface area contributed by atoms with Crippen molar-refractivity contribution in [2.45, 2.75) is 19.9 Å². The quantitative estimate of drug-likeness (QED) is 0.708. The van der Waals surface area contributed by atoms with Crippen molar-refractivity contribution >= 4 is 28.7 Å². The maximum absolute atomic E-state index is 12.8. The summed E-state index contributed by atoms with van der Waals surface area (Å²) in [4.78, 5) is 25.7. The van der Waals surface area contributed by atoms with Crippen molar-refractivity contribution in [2.24, 2.45) is 0 Å².